The molecule has 1 aliphatic heterocycles. The van der Waals surface area contributed by atoms with E-state index in [1.54, 1.807) is 12.1 Å². The molecule has 1 saturated heterocycles. The summed E-state index contributed by atoms with van der Waals surface area (Å²) in [5.74, 6) is 1.12. The van der Waals surface area contributed by atoms with E-state index in [1.165, 1.54) is 6.42 Å². The molecule has 0 bridgehead atoms. The summed E-state index contributed by atoms with van der Waals surface area (Å²) in [5.41, 5.74) is 0. The summed E-state index contributed by atoms with van der Waals surface area (Å²) >= 11 is 5.93. The fraction of sp³-hybridized carbons (Fsp3) is 0.500. The number of halogens is 1. The molecule has 1 aliphatic rings. The number of para-hydroxylation sites is 1. The van der Waals surface area contributed by atoms with E-state index in [1.807, 2.05) is 12.1 Å². The van der Waals surface area contributed by atoms with Gasteiger partial charge in [-0.25, -0.2) is 0 Å². The van der Waals surface area contributed by atoms with E-state index in [9.17, 15) is 4.79 Å². The van der Waals surface area contributed by atoms with Crippen molar-refractivity contribution in [2.24, 2.45) is 5.92 Å². The van der Waals surface area contributed by atoms with Gasteiger partial charge in [0, 0.05) is 6.54 Å². The molecule has 0 aromatic heterocycles. The molecule has 4 nitrogen and oxygen atoms in total. The third-order valence-corrected chi connectivity index (χ3v) is 3.54. The number of ether oxygens (including phenoxy) is 1. The van der Waals surface area contributed by atoms with Crippen LogP contribution in [0.3, 0.4) is 0 Å². The van der Waals surface area contributed by atoms with Crippen molar-refractivity contribution < 1.29 is 9.53 Å². The van der Waals surface area contributed by atoms with Crippen LogP contribution in [0.4, 0.5) is 0 Å². The number of benzene rings is 1. The first kappa shape index (κ1) is 14.2. The Morgan fingerprint density at radius 3 is 3.05 bits per heavy atom. The number of carbonyl (C=O) groups excluding carboxylic acids is 1. The van der Waals surface area contributed by atoms with Gasteiger partial charge >= 0.3 is 0 Å². The Bertz CT molecular complexity index is 420. The molecule has 1 heterocycles. The summed E-state index contributed by atoms with van der Waals surface area (Å²) in [5, 5.41) is 6.70. The van der Waals surface area contributed by atoms with E-state index in [4.69, 9.17) is 16.3 Å². The van der Waals surface area contributed by atoms with Crippen molar-refractivity contribution in [3.05, 3.63) is 29.3 Å². The summed E-state index contributed by atoms with van der Waals surface area (Å²) in [6, 6.07) is 7.14. The summed E-state index contributed by atoms with van der Waals surface area (Å²) in [4.78, 5) is 11.6. The summed E-state index contributed by atoms with van der Waals surface area (Å²) in [6.45, 7) is 2.87. The van der Waals surface area contributed by atoms with E-state index in [2.05, 4.69) is 10.6 Å². The molecule has 0 radical (unpaired) electrons. The van der Waals surface area contributed by atoms with Gasteiger partial charge < -0.3 is 15.4 Å². The molecule has 2 rings (SSSR count). The van der Waals surface area contributed by atoms with E-state index in [0.717, 1.165) is 19.5 Å². The van der Waals surface area contributed by atoms with Crippen molar-refractivity contribution in [3.8, 4) is 5.75 Å². The number of amides is 1. The Morgan fingerprint density at radius 2 is 2.32 bits per heavy atom. The Kier molecular flexibility index (Phi) is 5.48. The minimum absolute atomic E-state index is 0.00660. The maximum absolute atomic E-state index is 11.6. The van der Waals surface area contributed by atoms with E-state index >= 15 is 0 Å². The van der Waals surface area contributed by atoms with Crippen molar-refractivity contribution in [2.45, 2.75) is 12.8 Å². The highest BCUT2D eigenvalue weighted by Crippen LogP contribution is 2.22. The summed E-state index contributed by atoms with van der Waals surface area (Å²) in [6.07, 6.45) is 2.22. The van der Waals surface area contributed by atoms with Crippen molar-refractivity contribution >= 4 is 17.5 Å². The quantitative estimate of drug-likeness (QED) is 0.837. The number of carbonyl (C=O) groups is 1. The van der Waals surface area contributed by atoms with Gasteiger partial charge in [0.2, 0.25) is 0 Å². The van der Waals surface area contributed by atoms with Gasteiger partial charge in [-0.05, 0) is 44.0 Å². The van der Waals surface area contributed by atoms with Crippen molar-refractivity contribution in [3.63, 3.8) is 0 Å². The average Bonchev–Trinajstić information content (AvgIpc) is 2.91. The monoisotopic (exact) mass is 282 g/mol. The van der Waals surface area contributed by atoms with Crippen LogP contribution >= 0.6 is 11.6 Å². The first-order valence-electron chi connectivity index (χ1n) is 6.60. The molecule has 104 valence electrons. The van der Waals surface area contributed by atoms with Gasteiger partial charge in [-0.3, -0.25) is 4.79 Å². The topological polar surface area (TPSA) is 50.4 Å². The largest absolute Gasteiger partial charge is 0.482 e. The van der Waals surface area contributed by atoms with E-state index in [-0.39, 0.29) is 12.5 Å². The number of hydrogen-bond acceptors (Lipinski definition) is 3. The highest BCUT2D eigenvalue weighted by Gasteiger charge is 2.14. The van der Waals surface area contributed by atoms with Crippen LogP contribution in [0, 0.1) is 5.92 Å². The smallest absolute Gasteiger partial charge is 0.257 e. The Balaban J connectivity index is 1.63. The molecule has 5 heteroatoms. The third kappa shape index (κ3) is 4.73. The molecule has 1 aromatic carbocycles. The second-order valence-electron chi connectivity index (χ2n) is 4.72. The lowest BCUT2D eigenvalue weighted by atomic mass is 10.1. The van der Waals surface area contributed by atoms with Crippen LogP contribution in [0.15, 0.2) is 24.3 Å². The average molecular weight is 283 g/mol. The summed E-state index contributed by atoms with van der Waals surface area (Å²) in [7, 11) is 0. The molecule has 0 spiro atoms. The normalized spacial score (nSPS) is 18.3. The van der Waals surface area contributed by atoms with Gasteiger partial charge in [0.05, 0.1) is 5.02 Å². The van der Waals surface area contributed by atoms with Crippen molar-refractivity contribution in [1.29, 1.82) is 0 Å². The minimum Gasteiger partial charge on any atom is -0.482 e. The first-order valence-corrected chi connectivity index (χ1v) is 6.98. The molecule has 0 aliphatic carbocycles. The predicted octanol–water partition coefficient (Wildman–Crippen LogP) is 1.83. The summed E-state index contributed by atoms with van der Waals surface area (Å²) < 4.78 is 5.36. The fourth-order valence-corrected chi connectivity index (χ4v) is 2.32. The maximum Gasteiger partial charge on any atom is 0.257 e. The zero-order valence-electron chi connectivity index (χ0n) is 10.8. The zero-order chi connectivity index (χ0) is 13.5. The number of hydrogen-bond donors (Lipinski definition) is 2. The van der Waals surface area contributed by atoms with Gasteiger partial charge in [-0.15, -0.1) is 0 Å². The second-order valence-corrected chi connectivity index (χ2v) is 5.12. The molecular weight excluding hydrogens is 264 g/mol. The first-order chi connectivity index (χ1) is 9.25. The van der Waals surface area contributed by atoms with Gasteiger partial charge in [-0.1, -0.05) is 23.7 Å². The van der Waals surface area contributed by atoms with Crippen molar-refractivity contribution in [1.82, 2.24) is 10.6 Å². The van der Waals surface area contributed by atoms with Gasteiger partial charge in [-0.2, -0.15) is 0 Å². The number of rotatable bonds is 6. The molecule has 19 heavy (non-hydrogen) atoms. The van der Waals surface area contributed by atoms with E-state index < -0.39 is 0 Å². The van der Waals surface area contributed by atoms with Gasteiger partial charge in [0.1, 0.15) is 5.75 Å². The minimum atomic E-state index is -0.106. The van der Waals surface area contributed by atoms with Gasteiger partial charge in [0.15, 0.2) is 6.61 Å². The fourth-order valence-electron chi connectivity index (χ4n) is 2.13. The van der Waals surface area contributed by atoms with Crippen LogP contribution in [0.25, 0.3) is 0 Å². The van der Waals surface area contributed by atoms with Gasteiger partial charge in [0.25, 0.3) is 5.91 Å². The van der Waals surface area contributed by atoms with Crippen LogP contribution in [0.5, 0.6) is 5.75 Å². The lowest BCUT2D eigenvalue weighted by Gasteiger charge is -2.10. The molecule has 2 N–H and O–H groups in total. The van der Waals surface area contributed by atoms with Crippen LogP contribution in [-0.2, 0) is 4.79 Å². The zero-order valence-corrected chi connectivity index (χ0v) is 11.6. The molecule has 1 unspecified atom stereocenters. The predicted molar refractivity (Wildman–Crippen MR) is 75.6 cm³/mol. The Hall–Kier alpha value is -1.26. The lowest BCUT2D eigenvalue weighted by Crippen LogP contribution is -2.30. The molecule has 1 aromatic rings. The van der Waals surface area contributed by atoms with Crippen LogP contribution in [-0.4, -0.2) is 32.1 Å². The van der Waals surface area contributed by atoms with Crippen LogP contribution in [0.2, 0.25) is 5.02 Å². The van der Waals surface area contributed by atoms with E-state index in [0.29, 0.717) is 23.2 Å². The lowest BCUT2D eigenvalue weighted by molar-refractivity contribution is -0.123. The third-order valence-electron chi connectivity index (χ3n) is 3.23. The Morgan fingerprint density at radius 1 is 1.47 bits per heavy atom. The molecule has 1 atom stereocenters. The number of nitrogens with one attached hydrogen (secondary N) is 2. The highest BCUT2D eigenvalue weighted by atomic mass is 35.5. The second kappa shape index (κ2) is 7.36. The maximum atomic E-state index is 11.6. The molecule has 1 fully saturated rings. The molecule has 1 amide bonds. The highest BCUT2D eigenvalue weighted by molar-refractivity contribution is 6.32. The standard InChI is InChI=1S/C14H19ClN2O2/c15-12-3-1-2-4-13(12)19-10-14(18)17-8-6-11-5-7-16-9-11/h1-4,11,16H,5-10H2,(H,17,18). The molecular formula is C14H19ClN2O2. The Labute approximate surface area is 118 Å². The molecule has 0 saturated carbocycles. The van der Waals surface area contributed by atoms with Crippen molar-refractivity contribution in [2.75, 3.05) is 26.2 Å². The van der Waals surface area contributed by atoms with Crippen LogP contribution in [0.1, 0.15) is 12.8 Å². The SMILES string of the molecule is O=C(COc1ccccc1Cl)NCCC1CCNC1. The van der Waals surface area contributed by atoms with Crippen LogP contribution < -0.4 is 15.4 Å².